The summed E-state index contributed by atoms with van der Waals surface area (Å²) >= 11 is 0. The van der Waals surface area contributed by atoms with E-state index in [-0.39, 0.29) is 0 Å². The van der Waals surface area contributed by atoms with Gasteiger partial charge in [-0.25, -0.2) is 0 Å². The number of piperidine rings is 1. The van der Waals surface area contributed by atoms with Gasteiger partial charge in [0.2, 0.25) is 0 Å². The van der Waals surface area contributed by atoms with Crippen LogP contribution in [0.4, 0.5) is 0 Å². The van der Waals surface area contributed by atoms with Crippen molar-refractivity contribution in [2.45, 2.75) is 63.8 Å². The molecule has 1 aliphatic heterocycles. The van der Waals surface area contributed by atoms with E-state index in [4.69, 9.17) is 0 Å². The normalized spacial score (nSPS) is 48.6. The summed E-state index contributed by atoms with van der Waals surface area (Å²) in [4.78, 5) is 0. The van der Waals surface area contributed by atoms with Gasteiger partial charge in [-0.15, -0.1) is 0 Å². The van der Waals surface area contributed by atoms with Crippen molar-refractivity contribution >= 4 is 0 Å². The zero-order valence-corrected chi connectivity index (χ0v) is 12.3. The predicted molar refractivity (Wildman–Crippen MR) is 79.1 cm³/mol. The molecule has 1 atom stereocenters. The van der Waals surface area contributed by atoms with Crippen LogP contribution >= 0.6 is 0 Å². The summed E-state index contributed by atoms with van der Waals surface area (Å²) in [5.74, 6) is 3.34. The van der Waals surface area contributed by atoms with Gasteiger partial charge in [0, 0.05) is 12.6 Å². The second-order valence-electron chi connectivity index (χ2n) is 8.16. The summed E-state index contributed by atoms with van der Waals surface area (Å²) in [6, 6.07) is 0.752. The van der Waals surface area contributed by atoms with Crippen LogP contribution in [-0.2, 0) is 0 Å². The van der Waals surface area contributed by atoms with Gasteiger partial charge in [0.1, 0.15) is 0 Å². The molecule has 0 aromatic rings. The van der Waals surface area contributed by atoms with E-state index in [1.165, 1.54) is 38.9 Å². The molecule has 1 heterocycles. The van der Waals surface area contributed by atoms with Gasteiger partial charge in [0.25, 0.3) is 0 Å². The van der Waals surface area contributed by atoms with Gasteiger partial charge in [-0.1, -0.05) is 0 Å². The summed E-state index contributed by atoms with van der Waals surface area (Å²) in [6.07, 6.45) is 13.7. The van der Waals surface area contributed by atoms with Crippen LogP contribution in [0.1, 0.15) is 57.8 Å². The molecule has 2 nitrogen and oxygen atoms in total. The Hall–Kier alpha value is -0.0800. The molecule has 0 aromatic heterocycles. The maximum Gasteiger partial charge on any atom is 0.0192 e. The maximum atomic E-state index is 3.83. The molecule has 1 unspecified atom stereocenters. The first-order valence-corrected chi connectivity index (χ1v) is 8.75. The van der Waals surface area contributed by atoms with Crippen molar-refractivity contribution < 1.29 is 0 Å². The lowest BCUT2D eigenvalue weighted by molar-refractivity contribution is -0.0570. The third-order valence-electron chi connectivity index (χ3n) is 6.55. The van der Waals surface area contributed by atoms with Gasteiger partial charge in [-0.05, 0) is 94.0 Å². The van der Waals surface area contributed by atoms with E-state index >= 15 is 0 Å². The largest absolute Gasteiger partial charge is 0.315 e. The fourth-order valence-corrected chi connectivity index (χ4v) is 6.16. The molecule has 4 aliphatic carbocycles. The molecule has 0 aromatic carbocycles. The number of nitrogens with one attached hydrogen (secondary N) is 2. The van der Waals surface area contributed by atoms with Crippen molar-refractivity contribution in [2.24, 2.45) is 23.2 Å². The molecular formula is C17H30N2. The Morgan fingerprint density at radius 1 is 1.00 bits per heavy atom. The van der Waals surface area contributed by atoms with Gasteiger partial charge in [0.15, 0.2) is 0 Å². The topological polar surface area (TPSA) is 24.1 Å². The maximum absolute atomic E-state index is 3.83. The van der Waals surface area contributed by atoms with Gasteiger partial charge < -0.3 is 10.6 Å². The number of hydrogen-bond donors (Lipinski definition) is 2. The van der Waals surface area contributed by atoms with E-state index in [1.54, 1.807) is 38.5 Å². The minimum atomic E-state index is 0.752. The van der Waals surface area contributed by atoms with Crippen molar-refractivity contribution in [1.82, 2.24) is 10.6 Å². The van der Waals surface area contributed by atoms with Crippen LogP contribution in [0.3, 0.4) is 0 Å². The average Bonchev–Trinajstić information content (AvgIpc) is 2.38. The molecule has 0 radical (unpaired) electrons. The first-order chi connectivity index (χ1) is 9.31. The molecule has 2 N–H and O–H groups in total. The number of rotatable bonds is 4. The molecule has 5 aliphatic rings. The Morgan fingerprint density at radius 2 is 1.68 bits per heavy atom. The van der Waals surface area contributed by atoms with Crippen LogP contribution in [0.25, 0.3) is 0 Å². The lowest BCUT2D eigenvalue weighted by atomic mass is 9.49. The van der Waals surface area contributed by atoms with Crippen molar-refractivity contribution in [1.29, 1.82) is 0 Å². The lowest BCUT2D eigenvalue weighted by Crippen LogP contribution is -2.48. The Morgan fingerprint density at radius 3 is 2.26 bits per heavy atom. The van der Waals surface area contributed by atoms with E-state index in [9.17, 15) is 0 Å². The smallest absolute Gasteiger partial charge is 0.0192 e. The van der Waals surface area contributed by atoms with Crippen LogP contribution in [0.2, 0.25) is 0 Å². The monoisotopic (exact) mass is 262 g/mol. The van der Waals surface area contributed by atoms with Crippen molar-refractivity contribution in [3.8, 4) is 0 Å². The van der Waals surface area contributed by atoms with E-state index in [0.29, 0.717) is 0 Å². The Bertz CT molecular complexity index is 284. The zero-order chi connectivity index (χ0) is 12.7. The van der Waals surface area contributed by atoms with E-state index < -0.39 is 0 Å². The molecule has 4 bridgehead atoms. The highest BCUT2D eigenvalue weighted by molar-refractivity contribution is 5.01. The molecule has 0 spiro atoms. The summed E-state index contributed by atoms with van der Waals surface area (Å²) in [5.41, 5.74) is 0.768. The van der Waals surface area contributed by atoms with E-state index in [1.807, 2.05) is 0 Å². The molecule has 108 valence electrons. The molecule has 4 saturated carbocycles. The standard InChI is InChI=1S/C17H30N2/c1-2-16(12-18-4-1)19-5-3-17-9-13-6-14(10-17)8-15(7-13)11-17/h13-16,18-19H,1-12H2. The van der Waals surface area contributed by atoms with Crippen molar-refractivity contribution in [3.05, 3.63) is 0 Å². The minimum Gasteiger partial charge on any atom is -0.315 e. The van der Waals surface area contributed by atoms with Crippen LogP contribution in [0.15, 0.2) is 0 Å². The molecular weight excluding hydrogens is 232 g/mol. The highest BCUT2D eigenvalue weighted by Crippen LogP contribution is 2.61. The third-order valence-corrected chi connectivity index (χ3v) is 6.55. The molecule has 5 rings (SSSR count). The highest BCUT2D eigenvalue weighted by Gasteiger charge is 2.50. The molecule has 0 amide bonds. The third kappa shape index (κ3) is 2.58. The van der Waals surface area contributed by atoms with Crippen molar-refractivity contribution in [2.75, 3.05) is 19.6 Å². The highest BCUT2D eigenvalue weighted by atomic mass is 15.0. The van der Waals surface area contributed by atoms with Gasteiger partial charge in [-0.3, -0.25) is 0 Å². The summed E-state index contributed by atoms with van der Waals surface area (Å²) in [6.45, 7) is 3.70. The van der Waals surface area contributed by atoms with E-state index in [0.717, 1.165) is 29.2 Å². The first kappa shape index (κ1) is 12.6. The second kappa shape index (κ2) is 5.04. The quantitative estimate of drug-likeness (QED) is 0.814. The van der Waals surface area contributed by atoms with Crippen LogP contribution < -0.4 is 10.6 Å². The van der Waals surface area contributed by atoms with Crippen LogP contribution in [0.5, 0.6) is 0 Å². The van der Waals surface area contributed by atoms with Crippen LogP contribution in [-0.4, -0.2) is 25.7 Å². The Labute approximate surface area is 118 Å². The summed E-state index contributed by atoms with van der Waals surface area (Å²) < 4.78 is 0. The summed E-state index contributed by atoms with van der Waals surface area (Å²) in [5, 5.41) is 7.35. The average molecular weight is 262 g/mol. The summed E-state index contributed by atoms with van der Waals surface area (Å²) in [7, 11) is 0. The molecule has 5 fully saturated rings. The predicted octanol–water partition coefficient (Wildman–Crippen LogP) is 2.93. The molecule has 2 heteroatoms. The zero-order valence-electron chi connectivity index (χ0n) is 12.3. The number of hydrogen-bond acceptors (Lipinski definition) is 2. The molecule has 19 heavy (non-hydrogen) atoms. The Kier molecular flexibility index (Phi) is 3.35. The van der Waals surface area contributed by atoms with Crippen LogP contribution in [0, 0.1) is 23.2 Å². The Balaban J connectivity index is 1.30. The fraction of sp³-hybridized carbons (Fsp3) is 1.00. The second-order valence-corrected chi connectivity index (χ2v) is 8.16. The minimum absolute atomic E-state index is 0.752. The van der Waals surface area contributed by atoms with Crippen molar-refractivity contribution in [3.63, 3.8) is 0 Å². The van der Waals surface area contributed by atoms with Gasteiger partial charge in [0.05, 0.1) is 0 Å². The lowest BCUT2D eigenvalue weighted by Gasteiger charge is -2.57. The van der Waals surface area contributed by atoms with Gasteiger partial charge in [-0.2, -0.15) is 0 Å². The molecule has 1 saturated heterocycles. The fourth-order valence-electron chi connectivity index (χ4n) is 6.16. The SMILES string of the molecule is C1CNCC(NCCC23CC4CC(CC(C4)C2)C3)C1. The van der Waals surface area contributed by atoms with E-state index in [2.05, 4.69) is 10.6 Å². The van der Waals surface area contributed by atoms with Gasteiger partial charge >= 0.3 is 0 Å². The first-order valence-electron chi connectivity index (χ1n) is 8.75.